The number of benzene rings is 2. The molecule has 0 bridgehead atoms. The largest absolute Gasteiger partial charge is 0.384 e. The fourth-order valence-corrected chi connectivity index (χ4v) is 1.59. The third-order valence-corrected chi connectivity index (χ3v) is 2.58. The molecule has 1 nitrogen and oxygen atoms in total. The lowest BCUT2D eigenvalue weighted by molar-refractivity contribution is 0.220. The Morgan fingerprint density at radius 1 is 0.875 bits per heavy atom. The Morgan fingerprint density at radius 3 is 1.81 bits per heavy atom. The number of aryl methyl sites for hydroxylation is 1. The van der Waals surface area contributed by atoms with Crippen LogP contribution in [-0.4, -0.2) is 5.11 Å². The van der Waals surface area contributed by atoms with Crippen LogP contribution < -0.4 is 0 Å². The van der Waals surface area contributed by atoms with E-state index in [4.69, 9.17) is 0 Å². The van der Waals surface area contributed by atoms with Gasteiger partial charge in [-0.1, -0.05) is 42.0 Å². The van der Waals surface area contributed by atoms with Gasteiger partial charge in [-0.3, -0.25) is 0 Å². The van der Waals surface area contributed by atoms with Gasteiger partial charge in [-0.2, -0.15) is 0 Å². The van der Waals surface area contributed by atoms with Crippen molar-refractivity contribution in [2.24, 2.45) is 0 Å². The Morgan fingerprint density at radius 2 is 1.31 bits per heavy atom. The first-order chi connectivity index (χ1) is 7.66. The van der Waals surface area contributed by atoms with Gasteiger partial charge in [0.25, 0.3) is 0 Å². The second-order valence-corrected chi connectivity index (χ2v) is 3.86. The minimum atomic E-state index is -0.693. The van der Waals surface area contributed by atoms with E-state index in [-0.39, 0.29) is 5.82 Å². The number of rotatable bonds is 2. The normalized spacial score (nSPS) is 12.4. The topological polar surface area (TPSA) is 20.2 Å². The van der Waals surface area contributed by atoms with Crippen molar-refractivity contribution >= 4 is 0 Å². The highest BCUT2D eigenvalue weighted by Gasteiger charge is 2.09. The third kappa shape index (κ3) is 2.28. The molecule has 1 N–H and O–H groups in total. The van der Waals surface area contributed by atoms with Crippen LogP contribution in [0.15, 0.2) is 48.5 Å². The first kappa shape index (κ1) is 10.8. The zero-order valence-corrected chi connectivity index (χ0v) is 9.02. The zero-order chi connectivity index (χ0) is 11.5. The van der Waals surface area contributed by atoms with Gasteiger partial charge in [0, 0.05) is 0 Å². The maximum atomic E-state index is 12.7. The number of hydrogen-bond donors (Lipinski definition) is 1. The molecular formula is C14H13FO. The van der Waals surface area contributed by atoms with E-state index >= 15 is 0 Å². The molecule has 0 spiro atoms. The Bertz CT molecular complexity index is 414. The van der Waals surface area contributed by atoms with Gasteiger partial charge in [-0.05, 0) is 30.2 Å². The molecule has 82 valence electrons. The van der Waals surface area contributed by atoms with E-state index in [9.17, 15) is 9.50 Å². The summed E-state index contributed by atoms with van der Waals surface area (Å²) in [5.74, 6) is -0.292. The SMILES string of the molecule is Cc1ccc([C@@H](O)c2ccc(F)cc2)cc1. The van der Waals surface area contributed by atoms with Crippen LogP contribution in [0.1, 0.15) is 22.8 Å². The molecule has 0 aliphatic rings. The summed E-state index contributed by atoms with van der Waals surface area (Å²) in [6, 6.07) is 13.6. The molecule has 0 aliphatic heterocycles. The third-order valence-electron chi connectivity index (χ3n) is 2.58. The molecular weight excluding hydrogens is 203 g/mol. The summed E-state index contributed by atoms with van der Waals surface area (Å²) in [6.45, 7) is 1.99. The van der Waals surface area contributed by atoms with Gasteiger partial charge in [-0.25, -0.2) is 4.39 Å². The molecule has 0 amide bonds. The first-order valence-corrected chi connectivity index (χ1v) is 5.17. The molecule has 1 atom stereocenters. The monoisotopic (exact) mass is 216 g/mol. The number of aliphatic hydroxyl groups is 1. The summed E-state index contributed by atoms with van der Waals surface area (Å²) in [6.07, 6.45) is -0.693. The van der Waals surface area contributed by atoms with E-state index < -0.39 is 6.10 Å². The summed E-state index contributed by atoms with van der Waals surface area (Å²) >= 11 is 0. The number of halogens is 1. The Kier molecular flexibility index (Phi) is 3.02. The summed E-state index contributed by atoms with van der Waals surface area (Å²) < 4.78 is 12.7. The van der Waals surface area contributed by atoms with Gasteiger partial charge in [0.1, 0.15) is 11.9 Å². The molecule has 2 aromatic carbocycles. The highest BCUT2D eigenvalue weighted by molar-refractivity contribution is 5.31. The lowest BCUT2D eigenvalue weighted by atomic mass is 10.0. The van der Waals surface area contributed by atoms with Crippen LogP contribution in [-0.2, 0) is 0 Å². The van der Waals surface area contributed by atoms with Gasteiger partial charge < -0.3 is 5.11 Å². The highest BCUT2D eigenvalue weighted by Crippen LogP contribution is 2.22. The minimum Gasteiger partial charge on any atom is -0.384 e. The first-order valence-electron chi connectivity index (χ1n) is 5.17. The van der Waals surface area contributed by atoms with Crippen LogP contribution in [0.25, 0.3) is 0 Å². The smallest absolute Gasteiger partial charge is 0.123 e. The zero-order valence-electron chi connectivity index (χ0n) is 9.02. The molecule has 2 rings (SSSR count). The Balaban J connectivity index is 2.28. The second kappa shape index (κ2) is 4.45. The van der Waals surface area contributed by atoms with E-state index in [1.807, 2.05) is 31.2 Å². The van der Waals surface area contributed by atoms with Crippen molar-refractivity contribution in [1.29, 1.82) is 0 Å². The molecule has 0 saturated heterocycles. The van der Waals surface area contributed by atoms with Crippen molar-refractivity contribution in [3.8, 4) is 0 Å². The van der Waals surface area contributed by atoms with Crippen LogP contribution in [0, 0.1) is 12.7 Å². The summed E-state index contributed by atoms with van der Waals surface area (Å²) in [5, 5.41) is 10.1. The maximum absolute atomic E-state index is 12.7. The lowest BCUT2D eigenvalue weighted by Gasteiger charge is -2.11. The van der Waals surface area contributed by atoms with E-state index in [2.05, 4.69) is 0 Å². The molecule has 0 unspecified atom stereocenters. The Labute approximate surface area is 94.2 Å². The van der Waals surface area contributed by atoms with E-state index in [0.717, 1.165) is 11.1 Å². The minimum absolute atomic E-state index is 0.292. The van der Waals surface area contributed by atoms with Gasteiger partial charge in [0.05, 0.1) is 0 Å². The average Bonchev–Trinajstić information content (AvgIpc) is 2.30. The highest BCUT2D eigenvalue weighted by atomic mass is 19.1. The van der Waals surface area contributed by atoms with Gasteiger partial charge >= 0.3 is 0 Å². The van der Waals surface area contributed by atoms with Crippen molar-refractivity contribution in [2.75, 3.05) is 0 Å². The molecule has 0 fully saturated rings. The summed E-state index contributed by atoms with van der Waals surface area (Å²) in [7, 11) is 0. The van der Waals surface area contributed by atoms with E-state index in [0.29, 0.717) is 5.56 Å². The lowest BCUT2D eigenvalue weighted by Crippen LogP contribution is -1.99. The molecule has 0 saturated carbocycles. The van der Waals surface area contributed by atoms with Crippen molar-refractivity contribution in [3.05, 3.63) is 71.0 Å². The van der Waals surface area contributed by atoms with Crippen LogP contribution in [0.3, 0.4) is 0 Å². The van der Waals surface area contributed by atoms with Gasteiger partial charge in [-0.15, -0.1) is 0 Å². The quantitative estimate of drug-likeness (QED) is 0.817. The number of hydrogen-bond acceptors (Lipinski definition) is 1. The van der Waals surface area contributed by atoms with Crippen molar-refractivity contribution in [1.82, 2.24) is 0 Å². The van der Waals surface area contributed by atoms with Crippen LogP contribution in [0.4, 0.5) is 4.39 Å². The Hall–Kier alpha value is -1.67. The molecule has 0 aliphatic carbocycles. The molecule has 2 heteroatoms. The predicted molar refractivity (Wildman–Crippen MR) is 61.6 cm³/mol. The fourth-order valence-electron chi connectivity index (χ4n) is 1.59. The second-order valence-electron chi connectivity index (χ2n) is 3.86. The average molecular weight is 216 g/mol. The summed E-state index contributed by atoms with van der Waals surface area (Å²) in [4.78, 5) is 0. The van der Waals surface area contributed by atoms with E-state index in [1.165, 1.54) is 12.1 Å². The van der Waals surface area contributed by atoms with Gasteiger partial charge in [0.2, 0.25) is 0 Å². The molecule has 2 aromatic rings. The maximum Gasteiger partial charge on any atom is 0.123 e. The molecule has 0 aromatic heterocycles. The van der Waals surface area contributed by atoms with Crippen molar-refractivity contribution < 1.29 is 9.50 Å². The van der Waals surface area contributed by atoms with Crippen molar-refractivity contribution in [3.63, 3.8) is 0 Å². The van der Waals surface area contributed by atoms with Crippen LogP contribution >= 0.6 is 0 Å². The van der Waals surface area contributed by atoms with Crippen LogP contribution in [0.5, 0.6) is 0 Å². The standard InChI is InChI=1S/C14H13FO/c1-10-2-4-11(5-3-10)14(16)12-6-8-13(15)9-7-12/h2-9,14,16H,1H3/t14-/m1/s1. The van der Waals surface area contributed by atoms with E-state index in [1.54, 1.807) is 12.1 Å². The number of aliphatic hydroxyl groups excluding tert-OH is 1. The summed E-state index contributed by atoms with van der Waals surface area (Å²) in [5.41, 5.74) is 2.66. The molecule has 0 heterocycles. The predicted octanol–water partition coefficient (Wildman–Crippen LogP) is 3.22. The fraction of sp³-hybridized carbons (Fsp3) is 0.143. The molecule has 0 radical (unpaired) electrons. The van der Waals surface area contributed by atoms with Crippen molar-refractivity contribution in [2.45, 2.75) is 13.0 Å². The van der Waals surface area contributed by atoms with Crippen LogP contribution in [0.2, 0.25) is 0 Å². The molecule has 16 heavy (non-hydrogen) atoms. The van der Waals surface area contributed by atoms with Gasteiger partial charge in [0.15, 0.2) is 0 Å².